The van der Waals surface area contributed by atoms with Crippen molar-refractivity contribution in [3.8, 4) is 11.6 Å². The lowest BCUT2D eigenvalue weighted by Gasteiger charge is -2.15. The van der Waals surface area contributed by atoms with E-state index in [9.17, 15) is 8.78 Å². The number of halogens is 2. The molecule has 0 saturated heterocycles. The van der Waals surface area contributed by atoms with Crippen LogP contribution in [0.2, 0.25) is 0 Å². The van der Waals surface area contributed by atoms with Gasteiger partial charge in [-0.05, 0) is 61.1 Å². The van der Waals surface area contributed by atoms with Gasteiger partial charge in [-0.15, -0.1) is 0 Å². The molecule has 1 unspecified atom stereocenters. The highest BCUT2D eigenvalue weighted by atomic mass is 19.1. The Morgan fingerprint density at radius 3 is 2.76 bits per heavy atom. The van der Waals surface area contributed by atoms with Crippen molar-refractivity contribution in [2.75, 3.05) is 0 Å². The molecule has 1 atom stereocenters. The molecule has 0 saturated carbocycles. The number of rotatable bonds is 2. The Morgan fingerprint density at radius 1 is 1.12 bits per heavy atom. The van der Waals surface area contributed by atoms with Gasteiger partial charge < -0.3 is 4.42 Å². The molecule has 4 rings (SSSR count). The average Bonchev–Trinajstić information content (AvgIpc) is 2.86. The monoisotopic (exact) mass is 340 g/mol. The standard InChI is InChI=1S/C20H18F2N2O/c1-12-7-14(9-16(22)8-12)13-3-2-4-19-18(10-13)24-20(25-19)17-6-5-15(21)11-23-17/h5-9,11,13H,2-4,10H2,1H3. The number of pyridine rings is 1. The first-order valence-electron chi connectivity index (χ1n) is 8.46. The van der Waals surface area contributed by atoms with Crippen LogP contribution in [0.15, 0.2) is 40.9 Å². The van der Waals surface area contributed by atoms with Gasteiger partial charge in [0.15, 0.2) is 0 Å². The Bertz CT molecular complexity index is 882. The minimum Gasteiger partial charge on any atom is -0.440 e. The summed E-state index contributed by atoms with van der Waals surface area (Å²) in [4.78, 5) is 8.62. The van der Waals surface area contributed by atoms with E-state index in [2.05, 4.69) is 9.97 Å². The summed E-state index contributed by atoms with van der Waals surface area (Å²) in [7, 11) is 0. The van der Waals surface area contributed by atoms with Crippen LogP contribution >= 0.6 is 0 Å². The fourth-order valence-electron chi connectivity index (χ4n) is 3.48. The summed E-state index contributed by atoms with van der Waals surface area (Å²) in [6, 6.07) is 8.11. The molecule has 1 aliphatic carbocycles. The van der Waals surface area contributed by atoms with Crippen molar-refractivity contribution in [3.63, 3.8) is 0 Å². The molecule has 0 amide bonds. The molecule has 2 heterocycles. The molecule has 1 aliphatic rings. The maximum atomic E-state index is 13.8. The summed E-state index contributed by atoms with van der Waals surface area (Å²) in [5, 5.41) is 0. The maximum Gasteiger partial charge on any atom is 0.245 e. The molecule has 5 heteroatoms. The van der Waals surface area contributed by atoms with Crippen LogP contribution in [0.25, 0.3) is 11.6 Å². The zero-order valence-electron chi connectivity index (χ0n) is 13.9. The van der Waals surface area contributed by atoms with E-state index in [4.69, 9.17) is 4.42 Å². The van der Waals surface area contributed by atoms with Gasteiger partial charge >= 0.3 is 0 Å². The Morgan fingerprint density at radius 2 is 2.00 bits per heavy atom. The number of aryl methyl sites for hydroxylation is 2. The third kappa shape index (κ3) is 3.31. The van der Waals surface area contributed by atoms with Crippen LogP contribution in [0.1, 0.15) is 41.3 Å². The first-order chi connectivity index (χ1) is 12.1. The minimum absolute atomic E-state index is 0.198. The van der Waals surface area contributed by atoms with Crippen LogP contribution in [0, 0.1) is 18.6 Å². The lowest BCUT2D eigenvalue weighted by molar-refractivity contribution is 0.504. The van der Waals surface area contributed by atoms with Gasteiger partial charge in [-0.3, -0.25) is 0 Å². The lowest BCUT2D eigenvalue weighted by Crippen LogP contribution is -2.03. The quantitative estimate of drug-likeness (QED) is 0.617. The predicted molar refractivity (Wildman–Crippen MR) is 90.2 cm³/mol. The number of benzene rings is 1. The zero-order chi connectivity index (χ0) is 17.4. The van der Waals surface area contributed by atoms with Crippen LogP contribution in [0.5, 0.6) is 0 Å². The molecule has 0 spiro atoms. The highest BCUT2D eigenvalue weighted by molar-refractivity contribution is 5.47. The highest BCUT2D eigenvalue weighted by Crippen LogP contribution is 2.34. The Hall–Kier alpha value is -2.56. The van der Waals surface area contributed by atoms with Gasteiger partial charge in [-0.25, -0.2) is 18.7 Å². The van der Waals surface area contributed by atoms with E-state index >= 15 is 0 Å². The fraction of sp³-hybridized carbons (Fsp3) is 0.300. The summed E-state index contributed by atoms with van der Waals surface area (Å²) in [5.41, 5.74) is 3.35. The van der Waals surface area contributed by atoms with E-state index in [-0.39, 0.29) is 11.7 Å². The van der Waals surface area contributed by atoms with E-state index in [0.717, 1.165) is 48.0 Å². The average molecular weight is 340 g/mol. The SMILES string of the molecule is Cc1cc(F)cc(C2CCCc3oc(-c4ccc(F)cn4)nc3C2)c1. The van der Waals surface area contributed by atoms with Gasteiger partial charge in [0.05, 0.1) is 11.9 Å². The first-order valence-corrected chi connectivity index (χ1v) is 8.46. The Labute approximate surface area is 144 Å². The normalized spacial score (nSPS) is 17.2. The summed E-state index contributed by atoms with van der Waals surface area (Å²) in [5.74, 6) is 0.904. The van der Waals surface area contributed by atoms with E-state index in [0.29, 0.717) is 18.0 Å². The smallest absolute Gasteiger partial charge is 0.245 e. The number of nitrogens with zero attached hydrogens (tertiary/aromatic N) is 2. The second kappa shape index (κ2) is 6.39. The largest absolute Gasteiger partial charge is 0.440 e. The van der Waals surface area contributed by atoms with Gasteiger partial charge in [-0.2, -0.15) is 0 Å². The molecular weight excluding hydrogens is 322 g/mol. The molecule has 0 radical (unpaired) electrons. The van der Waals surface area contributed by atoms with Crippen LogP contribution in [-0.2, 0) is 12.8 Å². The summed E-state index contributed by atoms with van der Waals surface area (Å²) in [6.07, 6.45) is 4.60. The van der Waals surface area contributed by atoms with Crippen molar-refractivity contribution in [1.29, 1.82) is 0 Å². The van der Waals surface area contributed by atoms with Gasteiger partial charge in [0.2, 0.25) is 5.89 Å². The summed E-state index contributed by atoms with van der Waals surface area (Å²) >= 11 is 0. The first kappa shape index (κ1) is 15.9. The van der Waals surface area contributed by atoms with E-state index in [1.165, 1.54) is 6.07 Å². The van der Waals surface area contributed by atoms with Crippen molar-refractivity contribution in [1.82, 2.24) is 9.97 Å². The second-order valence-corrected chi connectivity index (χ2v) is 6.61. The van der Waals surface area contributed by atoms with Gasteiger partial charge in [-0.1, -0.05) is 6.07 Å². The minimum atomic E-state index is -0.390. The van der Waals surface area contributed by atoms with Gasteiger partial charge in [0.25, 0.3) is 0 Å². The molecule has 128 valence electrons. The van der Waals surface area contributed by atoms with Crippen LogP contribution < -0.4 is 0 Å². The third-order valence-corrected chi connectivity index (χ3v) is 4.66. The van der Waals surface area contributed by atoms with Gasteiger partial charge in [0.1, 0.15) is 23.1 Å². The van der Waals surface area contributed by atoms with Crippen molar-refractivity contribution in [2.45, 2.75) is 38.5 Å². The fourth-order valence-corrected chi connectivity index (χ4v) is 3.48. The van der Waals surface area contributed by atoms with E-state index < -0.39 is 5.82 Å². The molecule has 3 nitrogen and oxygen atoms in total. The summed E-state index contributed by atoms with van der Waals surface area (Å²) in [6.45, 7) is 1.91. The molecule has 0 aliphatic heterocycles. The molecule has 0 bridgehead atoms. The number of aromatic nitrogens is 2. The van der Waals surface area contributed by atoms with Crippen LogP contribution in [0.4, 0.5) is 8.78 Å². The van der Waals surface area contributed by atoms with Crippen molar-refractivity contribution >= 4 is 0 Å². The Balaban J connectivity index is 1.65. The second-order valence-electron chi connectivity index (χ2n) is 6.61. The highest BCUT2D eigenvalue weighted by Gasteiger charge is 2.24. The molecule has 0 N–H and O–H groups in total. The number of hydrogen-bond donors (Lipinski definition) is 0. The molecule has 2 aromatic heterocycles. The summed E-state index contributed by atoms with van der Waals surface area (Å²) < 4.78 is 32.7. The van der Waals surface area contributed by atoms with Crippen LogP contribution in [-0.4, -0.2) is 9.97 Å². The van der Waals surface area contributed by atoms with E-state index in [1.54, 1.807) is 18.2 Å². The number of hydrogen-bond acceptors (Lipinski definition) is 3. The predicted octanol–water partition coefficient (Wildman–Crippen LogP) is 4.99. The van der Waals surface area contributed by atoms with Crippen molar-refractivity contribution in [3.05, 3.63) is 70.7 Å². The Kier molecular flexibility index (Phi) is 4.07. The third-order valence-electron chi connectivity index (χ3n) is 4.66. The molecule has 3 aromatic rings. The molecular formula is C20H18F2N2O. The maximum absolute atomic E-state index is 13.8. The topological polar surface area (TPSA) is 38.9 Å². The van der Waals surface area contributed by atoms with Crippen molar-refractivity contribution in [2.24, 2.45) is 0 Å². The lowest BCUT2D eigenvalue weighted by atomic mass is 9.90. The van der Waals surface area contributed by atoms with Crippen molar-refractivity contribution < 1.29 is 13.2 Å². The van der Waals surface area contributed by atoms with E-state index in [1.807, 2.05) is 13.0 Å². The van der Waals surface area contributed by atoms with Gasteiger partial charge in [0, 0.05) is 12.8 Å². The number of fused-ring (bicyclic) bond motifs is 1. The van der Waals surface area contributed by atoms with Crippen LogP contribution in [0.3, 0.4) is 0 Å². The molecule has 1 aromatic carbocycles. The number of oxazole rings is 1. The zero-order valence-corrected chi connectivity index (χ0v) is 13.9. The molecule has 0 fully saturated rings. The molecule has 25 heavy (non-hydrogen) atoms.